The number of allylic oxidation sites excluding steroid dienone is 1. The van der Waals surface area contributed by atoms with Gasteiger partial charge in [-0.05, 0) is 38.7 Å². The average molecular weight is 291 g/mol. The maximum Gasteiger partial charge on any atom is 0.410 e. The van der Waals surface area contributed by atoms with E-state index in [4.69, 9.17) is 4.74 Å². The Morgan fingerprint density at radius 3 is 2.45 bits per heavy atom. The summed E-state index contributed by atoms with van der Waals surface area (Å²) in [6.45, 7) is 9.09. The van der Waals surface area contributed by atoms with Gasteiger partial charge in [0.15, 0.2) is 0 Å². The van der Waals surface area contributed by atoms with E-state index in [1.807, 2.05) is 11.8 Å². The van der Waals surface area contributed by atoms with Gasteiger partial charge >= 0.3 is 6.09 Å². The third-order valence-electron chi connectivity index (χ3n) is 3.82. The number of piperidine rings is 1. The van der Waals surface area contributed by atoms with Crippen LogP contribution in [0.5, 0.6) is 0 Å². The van der Waals surface area contributed by atoms with E-state index in [0.29, 0.717) is 18.7 Å². The quantitative estimate of drug-likeness (QED) is 0.546. The molecule has 2 rings (SSSR count). The molecule has 0 spiro atoms. The number of ether oxygens (including phenoxy) is 1. The minimum absolute atomic E-state index is 0.132. The highest BCUT2D eigenvalue weighted by Gasteiger charge is 2.41. The van der Waals surface area contributed by atoms with Crippen LogP contribution in [0.1, 0.15) is 32.6 Å². The molecule has 0 aromatic heterocycles. The standard InChI is InChI=1S/C16H25NO2Si/c1-5-19-16(18)17-14-8-9-15(17)12-13(11-14)7-6-10-20(2,3)4/h7,14-15H,5,8-9,11-12H2,1-4H3. The van der Waals surface area contributed by atoms with Gasteiger partial charge in [-0.25, -0.2) is 4.79 Å². The first-order valence-corrected chi connectivity index (χ1v) is 11.1. The van der Waals surface area contributed by atoms with Crippen molar-refractivity contribution in [2.45, 2.75) is 64.3 Å². The molecule has 2 bridgehead atoms. The Bertz CT molecular complexity index is 451. The molecule has 2 aliphatic heterocycles. The van der Waals surface area contributed by atoms with Crippen LogP contribution < -0.4 is 0 Å². The van der Waals surface area contributed by atoms with Crippen LogP contribution in [-0.4, -0.2) is 37.8 Å². The van der Waals surface area contributed by atoms with Crippen LogP contribution in [0.15, 0.2) is 11.6 Å². The van der Waals surface area contributed by atoms with E-state index in [9.17, 15) is 4.79 Å². The monoisotopic (exact) mass is 291 g/mol. The van der Waals surface area contributed by atoms with Gasteiger partial charge in [-0.1, -0.05) is 31.1 Å². The highest BCUT2D eigenvalue weighted by molar-refractivity contribution is 6.83. The van der Waals surface area contributed by atoms with Crippen LogP contribution in [0.25, 0.3) is 0 Å². The molecular formula is C16H25NO2Si. The zero-order valence-corrected chi connectivity index (χ0v) is 14.0. The zero-order valence-electron chi connectivity index (χ0n) is 13.0. The molecule has 2 unspecified atom stereocenters. The molecule has 2 aliphatic rings. The van der Waals surface area contributed by atoms with Gasteiger partial charge in [0.1, 0.15) is 8.07 Å². The van der Waals surface area contributed by atoms with E-state index in [-0.39, 0.29) is 6.09 Å². The van der Waals surface area contributed by atoms with Crippen LogP contribution in [-0.2, 0) is 4.74 Å². The van der Waals surface area contributed by atoms with E-state index in [1.54, 1.807) is 0 Å². The fraction of sp³-hybridized carbons (Fsp3) is 0.688. The Morgan fingerprint density at radius 2 is 1.95 bits per heavy atom. The molecule has 0 aromatic rings. The summed E-state index contributed by atoms with van der Waals surface area (Å²) in [6.07, 6.45) is 6.11. The molecule has 0 N–H and O–H groups in total. The molecule has 3 nitrogen and oxygen atoms in total. The molecule has 0 aliphatic carbocycles. The van der Waals surface area contributed by atoms with Gasteiger partial charge in [-0.2, -0.15) is 0 Å². The SMILES string of the molecule is CCOC(=O)N1C2CCC1CC(=CC#C[Si](C)(C)C)C2. The Kier molecular flexibility index (Phi) is 4.59. The van der Waals surface area contributed by atoms with E-state index in [0.717, 1.165) is 25.7 Å². The molecule has 1 amide bonds. The summed E-state index contributed by atoms with van der Waals surface area (Å²) in [4.78, 5) is 13.9. The molecular weight excluding hydrogens is 266 g/mol. The number of hydrogen-bond donors (Lipinski definition) is 0. The second-order valence-corrected chi connectivity index (χ2v) is 11.5. The number of hydrogen-bond acceptors (Lipinski definition) is 2. The van der Waals surface area contributed by atoms with Crippen molar-refractivity contribution < 1.29 is 9.53 Å². The summed E-state index contributed by atoms with van der Waals surface area (Å²) in [5, 5.41) is 0. The summed E-state index contributed by atoms with van der Waals surface area (Å²) in [5.74, 6) is 3.25. The predicted molar refractivity (Wildman–Crippen MR) is 84.1 cm³/mol. The van der Waals surface area contributed by atoms with Crippen molar-refractivity contribution in [3.63, 3.8) is 0 Å². The van der Waals surface area contributed by atoms with E-state index in [1.165, 1.54) is 5.57 Å². The topological polar surface area (TPSA) is 29.5 Å². The van der Waals surface area contributed by atoms with Crippen LogP contribution in [0.4, 0.5) is 4.79 Å². The molecule has 0 radical (unpaired) electrons. The first kappa shape index (κ1) is 15.2. The summed E-state index contributed by atoms with van der Waals surface area (Å²) >= 11 is 0. The van der Waals surface area contributed by atoms with Crippen molar-refractivity contribution in [2.24, 2.45) is 0 Å². The molecule has 0 saturated carbocycles. The molecule has 110 valence electrons. The van der Waals surface area contributed by atoms with E-state index in [2.05, 4.69) is 37.2 Å². The normalized spacial score (nSPS) is 25.0. The highest BCUT2D eigenvalue weighted by Crippen LogP contribution is 2.38. The summed E-state index contributed by atoms with van der Waals surface area (Å²) in [6, 6.07) is 0.653. The molecule has 2 heterocycles. The first-order chi connectivity index (χ1) is 9.40. The Hall–Kier alpha value is -1.21. The lowest BCUT2D eigenvalue weighted by atomic mass is 9.97. The van der Waals surface area contributed by atoms with Gasteiger partial charge in [0.2, 0.25) is 0 Å². The third-order valence-corrected chi connectivity index (χ3v) is 4.71. The number of nitrogens with zero attached hydrogens (tertiary/aromatic N) is 1. The Morgan fingerprint density at radius 1 is 1.35 bits per heavy atom. The van der Waals surface area contributed by atoms with Gasteiger partial charge in [0, 0.05) is 12.1 Å². The first-order valence-electron chi connectivity index (χ1n) is 7.56. The minimum Gasteiger partial charge on any atom is -0.450 e. The molecule has 2 fully saturated rings. The summed E-state index contributed by atoms with van der Waals surface area (Å²) in [5.41, 5.74) is 4.79. The van der Waals surface area contributed by atoms with Gasteiger partial charge in [0.05, 0.1) is 6.61 Å². The predicted octanol–water partition coefficient (Wildman–Crippen LogP) is 3.58. The molecule has 20 heavy (non-hydrogen) atoms. The number of carbonyl (C=O) groups excluding carboxylic acids is 1. The lowest BCUT2D eigenvalue weighted by Crippen LogP contribution is -2.44. The van der Waals surface area contributed by atoms with Crippen molar-refractivity contribution in [3.05, 3.63) is 11.6 Å². The Balaban J connectivity index is 2.03. The number of fused-ring (bicyclic) bond motifs is 2. The van der Waals surface area contributed by atoms with Crippen molar-refractivity contribution in [2.75, 3.05) is 6.61 Å². The lowest BCUT2D eigenvalue weighted by Gasteiger charge is -2.35. The van der Waals surface area contributed by atoms with Crippen molar-refractivity contribution >= 4 is 14.2 Å². The smallest absolute Gasteiger partial charge is 0.410 e. The second-order valence-electron chi connectivity index (χ2n) is 6.72. The second kappa shape index (κ2) is 6.05. The zero-order chi connectivity index (χ0) is 14.8. The van der Waals surface area contributed by atoms with Crippen molar-refractivity contribution in [1.29, 1.82) is 0 Å². The van der Waals surface area contributed by atoms with Gasteiger partial charge in [-0.15, -0.1) is 5.54 Å². The highest BCUT2D eigenvalue weighted by atomic mass is 28.3. The number of amides is 1. The number of rotatable bonds is 1. The Labute approximate surface area is 123 Å². The molecule has 4 heteroatoms. The fourth-order valence-electron chi connectivity index (χ4n) is 3.02. The third kappa shape index (κ3) is 3.66. The summed E-state index contributed by atoms with van der Waals surface area (Å²) < 4.78 is 5.17. The maximum atomic E-state index is 12.0. The van der Waals surface area contributed by atoms with Crippen LogP contribution in [0.2, 0.25) is 19.6 Å². The van der Waals surface area contributed by atoms with Crippen LogP contribution in [0.3, 0.4) is 0 Å². The van der Waals surface area contributed by atoms with Gasteiger partial charge in [0.25, 0.3) is 0 Å². The van der Waals surface area contributed by atoms with Crippen LogP contribution in [0, 0.1) is 11.5 Å². The van der Waals surface area contributed by atoms with Gasteiger partial charge < -0.3 is 9.64 Å². The van der Waals surface area contributed by atoms with Crippen LogP contribution >= 0.6 is 0 Å². The van der Waals surface area contributed by atoms with Crippen molar-refractivity contribution in [3.8, 4) is 11.5 Å². The van der Waals surface area contributed by atoms with Crippen molar-refractivity contribution in [1.82, 2.24) is 4.90 Å². The maximum absolute atomic E-state index is 12.0. The summed E-state index contributed by atoms with van der Waals surface area (Å²) in [7, 11) is -1.29. The largest absolute Gasteiger partial charge is 0.450 e. The molecule has 0 aromatic carbocycles. The van der Waals surface area contributed by atoms with Gasteiger partial charge in [-0.3, -0.25) is 0 Å². The average Bonchev–Trinajstić information content (AvgIpc) is 2.60. The van der Waals surface area contributed by atoms with E-state index < -0.39 is 8.07 Å². The lowest BCUT2D eigenvalue weighted by molar-refractivity contribution is 0.0813. The molecule has 2 saturated heterocycles. The molecule has 2 atom stereocenters. The van der Waals surface area contributed by atoms with E-state index >= 15 is 0 Å². The number of carbonyl (C=O) groups is 1. The fourth-order valence-corrected chi connectivity index (χ4v) is 3.52. The minimum atomic E-state index is -1.29.